The second-order valence-electron chi connectivity index (χ2n) is 1.84. The molecule has 0 aromatic carbocycles. The van der Waals surface area contributed by atoms with Gasteiger partial charge in [0.15, 0.2) is 0 Å². The molecule has 4 heteroatoms. The van der Waals surface area contributed by atoms with Gasteiger partial charge in [0.05, 0.1) is 0 Å². The first kappa shape index (κ1) is 9.92. The number of thiocarbonyl (C=S) groups is 1. The van der Waals surface area contributed by atoms with Crippen LogP contribution in [0.25, 0.3) is 0 Å². The number of rotatable bonds is 2. The molecule has 0 unspecified atom stereocenters. The van der Waals surface area contributed by atoms with Crippen LogP contribution in [-0.4, -0.2) is 22.1 Å². The molecule has 0 amide bonds. The fraction of sp³-hybridized carbons (Fsp3) is 0.800. The third-order valence-electron chi connectivity index (χ3n) is 1.26. The summed E-state index contributed by atoms with van der Waals surface area (Å²) in [4.78, 5) is 0. The van der Waals surface area contributed by atoms with E-state index in [-0.39, 0.29) is 17.1 Å². The first-order valence-corrected chi connectivity index (χ1v) is 4.09. The molecular formula is C5H9CuNS2. The fourth-order valence-electron chi connectivity index (χ4n) is 0.854. The molecule has 57 valence electrons. The fourth-order valence-corrected chi connectivity index (χ4v) is 1.81. The van der Waals surface area contributed by atoms with Crippen molar-refractivity contribution in [3.63, 3.8) is 0 Å². The molecule has 1 heterocycles. The summed E-state index contributed by atoms with van der Waals surface area (Å²) in [5.74, 6) is 0. The Morgan fingerprint density at radius 2 is 1.89 bits per heavy atom. The molecule has 0 aliphatic carbocycles. The first-order chi connectivity index (χ1) is 3.93. The Kier molecular flexibility index (Phi) is 6.27. The van der Waals surface area contributed by atoms with Crippen molar-refractivity contribution >= 4 is 28.9 Å². The van der Waals surface area contributed by atoms with Crippen LogP contribution in [0.4, 0.5) is 0 Å². The van der Waals surface area contributed by atoms with Crippen LogP contribution in [0.1, 0.15) is 12.8 Å². The van der Waals surface area contributed by atoms with Crippen molar-refractivity contribution in [2.24, 2.45) is 0 Å². The molecule has 0 spiro atoms. The largest absolute Gasteiger partial charge is 0.246 e. The van der Waals surface area contributed by atoms with Gasteiger partial charge in [-0.25, -0.2) is 4.31 Å². The minimum atomic E-state index is 0. The van der Waals surface area contributed by atoms with Gasteiger partial charge in [0.1, 0.15) is 0 Å². The van der Waals surface area contributed by atoms with Gasteiger partial charge < -0.3 is 0 Å². The minimum absolute atomic E-state index is 0. The van der Waals surface area contributed by atoms with E-state index in [9.17, 15) is 0 Å². The van der Waals surface area contributed by atoms with Crippen LogP contribution < -0.4 is 0 Å². The van der Waals surface area contributed by atoms with Gasteiger partial charge in [0.2, 0.25) is 0 Å². The summed E-state index contributed by atoms with van der Waals surface area (Å²) in [5, 5.41) is 0. The van der Waals surface area contributed by atoms with Crippen LogP contribution in [0.15, 0.2) is 0 Å². The summed E-state index contributed by atoms with van der Waals surface area (Å²) >= 11 is 6.35. The molecular weight excluding hydrogens is 202 g/mol. The van der Waals surface area contributed by atoms with Crippen LogP contribution in [0.5, 0.6) is 0 Å². The topological polar surface area (TPSA) is 3.24 Å². The van der Waals surface area contributed by atoms with Crippen LogP contribution in [0.3, 0.4) is 0 Å². The second kappa shape index (κ2) is 5.69. The standard InChI is InChI=1S/C5H9NS2.Cu/c7-5-8-6-3-1-2-4-6;/h5H,1-4H2;. The molecule has 1 fully saturated rings. The molecule has 1 aliphatic rings. The molecule has 1 radical (unpaired) electrons. The maximum absolute atomic E-state index is 4.68. The maximum atomic E-state index is 4.68. The Bertz CT molecular complexity index is 83.0. The van der Waals surface area contributed by atoms with Crippen LogP contribution >= 0.6 is 24.2 Å². The maximum Gasteiger partial charge on any atom is 0.0499 e. The Labute approximate surface area is 76.2 Å². The predicted molar refractivity (Wildman–Crippen MR) is 42.1 cm³/mol. The third kappa shape index (κ3) is 3.58. The van der Waals surface area contributed by atoms with E-state index >= 15 is 0 Å². The van der Waals surface area contributed by atoms with Gasteiger partial charge in [0.25, 0.3) is 0 Å². The van der Waals surface area contributed by atoms with Crippen molar-refractivity contribution < 1.29 is 17.1 Å². The van der Waals surface area contributed by atoms with Gasteiger partial charge in [0, 0.05) is 34.9 Å². The Morgan fingerprint density at radius 3 is 2.33 bits per heavy atom. The molecule has 0 N–H and O–H groups in total. The average Bonchev–Trinajstić information content (AvgIpc) is 2.19. The van der Waals surface area contributed by atoms with Crippen LogP contribution in [0.2, 0.25) is 0 Å². The zero-order valence-electron chi connectivity index (χ0n) is 4.97. The first-order valence-electron chi connectivity index (χ1n) is 2.79. The molecule has 1 aliphatic heterocycles. The van der Waals surface area contributed by atoms with Gasteiger partial charge in [-0.1, -0.05) is 12.2 Å². The molecule has 1 saturated heterocycles. The van der Waals surface area contributed by atoms with E-state index < -0.39 is 0 Å². The zero-order chi connectivity index (χ0) is 5.82. The van der Waals surface area contributed by atoms with E-state index in [0.717, 1.165) is 0 Å². The van der Waals surface area contributed by atoms with Crippen molar-refractivity contribution in [1.82, 2.24) is 4.31 Å². The van der Waals surface area contributed by atoms with Gasteiger partial charge in [-0.3, -0.25) is 0 Å². The van der Waals surface area contributed by atoms with E-state index in [1.807, 2.05) is 0 Å². The SMILES string of the molecule is S=CSN1CCCC1.[Cu]. The predicted octanol–water partition coefficient (Wildman–Crippen LogP) is 1.69. The molecule has 0 aromatic heterocycles. The zero-order valence-corrected chi connectivity index (χ0v) is 7.55. The minimum Gasteiger partial charge on any atom is -0.246 e. The monoisotopic (exact) mass is 210 g/mol. The van der Waals surface area contributed by atoms with Crippen molar-refractivity contribution in [2.75, 3.05) is 13.1 Å². The summed E-state index contributed by atoms with van der Waals surface area (Å²) in [6.45, 7) is 2.44. The van der Waals surface area contributed by atoms with Crippen molar-refractivity contribution in [3.05, 3.63) is 0 Å². The third-order valence-corrected chi connectivity index (χ3v) is 2.26. The quantitative estimate of drug-likeness (QED) is 0.388. The Morgan fingerprint density at radius 1 is 1.33 bits per heavy atom. The summed E-state index contributed by atoms with van der Waals surface area (Å²) in [6, 6.07) is 0. The Balaban J connectivity index is 0.000000640. The number of hydrogen-bond acceptors (Lipinski definition) is 3. The summed E-state index contributed by atoms with van der Waals surface area (Å²) in [7, 11) is 0. The van der Waals surface area contributed by atoms with Crippen LogP contribution in [-0.2, 0) is 17.1 Å². The number of hydrogen-bond donors (Lipinski definition) is 0. The van der Waals surface area contributed by atoms with Crippen molar-refractivity contribution in [2.45, 2.75) is 12.8 Å². The summed E-state index contributed by atoms with van der Waals surface area (Å²) < 4.78 is 4.03. The average molecular weight is 211 g/mol. The van der Waals surface area contributed by atoms with Gasteiger partial charge in [-0.05, 0) is 24.8 Å². The van der Waals surface area contributed by atoms with E-state index in [2.05, 4.69) is 16.5 Å². The van der Waals surface area contributed by atoms with E-state index in [4.69, 9.17) is 0 Å². The Hall–Kier alpha value is 0.919. The van der Waals surface area contributed by atoms with E-state index in [1.54, 1.807) is 16.6 Å². The van der Waals surface area contributed by atoms with Crippen molar-refractivity contribution in [3.8, 4) is 0 Å². The van der Waals surface area contributed by atoms with Gasteiger partial charge in [-0.2, -0.15) is 0 Å². The second-order valence-corrected chi connectivity index (χ2v) is 3.33. The molecule has 0 bridgehead atoms. The summed E-state index contributed by atoms with van der Waals surface area (Å²) in [6.07, 6.45) is 2.69. The molecule has 0 aromatic rings. The molecule has 0 saturated carbocycles. The van der Waals surface area contributed by atoms with Gasteiger partial charge in [-0.15, -0.1) is 0 Å². The van der Waals surface area contributed by atoms with Gasteiger partial charge >= 0.3 is 0 Å². The molecule has 1 rings (SSSR count). The molecule has 0 atom stereocenters. The normalized spacial score (nSPS) is 19.1. The van der Waals surface area contributed by atoms with Crippen molar-refractivity contribution in [1.29, 1.82) is 0 Å². The van der Waals surface area contributed by atoms with E-state index in [1.165, 1.54) is 25.9 Å². The molecule has 9 heavy (non-hydrogen) atoms. The molecule has 1 nitrogen and oxygen atoms in total. The summed E-state index contributed by atoms with van der Waals surface area (Å²) in [5.41, 5.74) is 0. The smallest absolute Gasteiger partial charge is 0.0499 e. The number of nitrogens with zero attached hydrogens (tertiary/aromatic N) is 1. The van der Waals surface area contributed by atoms with Crippen LogP contribution in [0, 0.1) is 0 Å². The van der Waals surface area contributed by atoms with E-state index in [0.29, 0.717) is 0 Å².